The molecule has 0 saturated carbocycles. The topological polar surface area (TPSA) is 75.7 Å². The van der Waals surface area contributed by atoms with Crippen LogP contribution in [0.4, 0.5) is 4.79 Å². The second kappa shape index (κ2) is 4.77. The summed E-state index contributed by atoms with van der Waals surface area (Å²) in [6, 6.07) is 0. The first-order valence-corrected chi connectivity index (χ1v) is 6.76. The van der Waals surface area contributed by atoms with Crippen molar-refractivity contribution in [3.8, 4) is 0 Å². The smallest absolute Gasteiger partial charge is 0.424 e. The van der Waals surface area contributed by atoms with E-state index in [0.29, 0.717) is 4.31 Å². The fourth-order valence-corrected chi connectivity index (χ4v) is 2.75. The van der Waals surface area contributed by atoms with Crippen LogP contribution >= 0.6 is 11.6 Å². The van der Waals surface area contributed by atoms with Gasteiger partial charge >= 0.3 is 16.3 Å². The number of halogens is 1. The molecule has 0 unspecified atom stereocenters. The van der Waals surface area contributed by atoms with Gasteiger partial charge in [0.15, 0.2) is 0 Å². The Balaban J connectivity index is 2.80. The lowest BCUT2D eigenvalue weighted by atomic mass is 9.94. The maximum Gasteiger partial charge on any atom is 0.424 e. The van der Waals surface area contributed by atoms with E-state index in [-0.39, 0.29) is 31.0 Å². The number of cyclic esters (lactones) is 1. The van der Waals surface area contributed by atoms with Crippen LogP contribution in [0.15, 0.2) is 0 Å². The van der Waals surface area contributed by atoms with Gasteiger partial charge in [-0.15, -0.1) is 11.6 Å². The molecule has 1 aliphatic rings. The van der Waals surface area contributed by atoms with Crippen molar-refractivity contribution in [2.24, 2.45) is 5.41 Å². The molecular weight excluding hydrogens is 256 g/mol. The molecule has 1 heterocycles. The fourth-order valence-electron chi connectivity index (χ4n) is 1.26. The van der Waals surface area contributed by atoms with Gasteiger partial charge in [-0.05, 0) is 0 Å². The molecule has 16 heavy (non-hydrogen) atoms. The Morgan fingerprint density at radius 1 is 1.56 bits per heavy atom. The summed E-state index contributed by atoms with van der Waals surface area (Å²) in [4.78, 5) is 11.3. The van der Waals surface area contributed by atoms with Crippen LogP contribution in [0.25, 0.3) is 0 Å². The van der Waals surface area contributed by atoms with Crippen LogP contribution in [0.3, 0.4) is 0 Å². The molecule has 0 atom stereocenters. The zero-order chi connectivity index (χ0) is 12.4. The van der Waals surface area contributed by atoms with Crippen molar-refractivity contribution in [3.05, 3.63) is 0 Å². The second-order valence-corrected chi connectivity index (χ2v) is 6.37. The standard InChI is InChI=1S/C8H15ClN2O4S/c1-8(2)5-11(7(12)15-6-8)16(13,14)10-4-3-9/h10H,3-6H2,1-2H3. The van der Waals surface area contributed by atoms with Crippen molar-refractivity contribution < 1.29 is 17.9 Å². The van der Waals surface area contributed by atoms with Gasteiger partial charge in [-0.25, -0.2) is 4.79 Å². The van der Waals surface area contributed by atoms with Gasteiger partial charge in [0.25, 0.3) is 0 Å². The summed E-state index contributed by atoms with van der Waals surface area (Å²) < 4.78 is 31.1. The van der Waals surface area contributed by atoms with Gasteiger partial charge in [-0.2, -0.15) is 17.4 Å². The molecule has 1 aliphatic heterocycles. The molecule has 1 N–H and O–H groups in total. The van der Waals surface area contributed by atoms with Crippen LogP contribution in [0.5, 0.6) is 0 Å². The number of carbonyl (C=O) groups excluding carboxylic acids is 1. The Morgan fingerprint density at radius 3 is 2.75 bits per heavy atom. The average Bonchev–Trinajstić information content (AvgIpc) is 2.19. The highest BCUT2D eigenvalue weighted by atomic mass is 35.5. The van der Waals surface area contributed by atoms with Crippen molar-refractivity contribution in [3.63, 3.8) is 0 Å². The highest BCUT2D eigenvalue weighted by molar-refractivity contribution is 7.87. The number of ether oxygens (including phenoxy) is 1. The van der Waals surface area contributed by atoms with Gasteiger partial charge in [0, 0.05) is 24.4 Å². The van der Waals surface area contributed by atoms with Crippen molar-refractivity contribution in [2.45, 2.75) is 13.8 Å². The number of hydrogen-bond donors (Lipinski definition) is 1. The molecule has 1 rings (SSSR count). The Hall–Kier alpha value is -0.530. The zero-order valence-corrected chi connectivity index (χ0v) is 10.8. The summed E-state index contributed by atoms with van der Waals surface area (Å²) in [5.41, 5.74) is -0.385. The molecule has 1 fully saturated rings. The molecule has 1 amide bonds. The summed E-state index contributed by atoms with van der Waals surface area (Å²) in [6.07, 6.45) is -0.846. The van der Waals surface area contributed by atoms with Crippen LogP contribution in [0, 0.1) is 5.41 Å². The molecule has 8 heteroatoms. The summed E-state index contributed by atoms with van der Waals surface area (Å²) in [5, 5.41) is 0. The van der Waals surface area contributed by atoms with Crippen LogP contribution in [0.1, 0.15) is 13.8 Å². The van der Waals surface area contributed by atoms with Crippen LogP contribution in [-0.4, -0.2) is 44.4 Å². The number of nitrogens with one attached hydrogen (secondary N) is 1. The summed E-state index contributed by atoms with van der Waals surface area (Å²) in [6.45, 7) is 4.04. The minimum absolute atomic E-state index is 0.0775. The molecule has 94 valence electrons. The van der Waals surface area contributed by atoms with Gasteiger partial charge in [-0.3, -0.25) is 0 Å². The minimum Gasteiger partial charge on any atom is -0.448 e. The normalized spacial score (nSPS) is 20.7. The van der Waals surface area contributed by atoms with E-state index in [1.54, 1.807) is 0 Å². The number of amides is 1. The van der Waals surface area contributed by atoms with E-state index >= 15 is 0 Å². The molecule has 1 saturated heterocycles. The summed E-state index contributed by atoms with van der Waals surface area (Å²) in [5.74, 6) is 0.144. The van der Waals surface area contributed by atoms with E-state index < -0.39 is 16.3 Å². The first-order chi connectivity index (χ1) is 7.28. The van der Waals surface area contributed by atoms with Crippen LogP contribution in [0.2, 0.25) is 0 Å². The van der Waals surface area contributed by atoms with Crippen molar-refractivity contribution in [2.75, 3.05) is 25.6 Å². The Kier molecular flexibility index (Phi) is 4.03. The predicted molar refractivity (Wildman–Crippen MR) is 59.5 cm³/mol. The number of rotatable bonds is 4. The van der Waals surface area contributed by atoms with Gasteiger partial charge in [0.2, 0.25) is 0 Å². The zero-order valence-electron chi connectivity index (χ0n) is 9.19. The van der Waals surface area contributed by atoms with E-state index in [0.717, 1.165) is 0 Å². The first kappa shape index (κ1) is 13.5. The molecule has 0 aromatic rings. The third-order valence-electron chi connectivity index (χ3n) is 2.03. The molecule has 0 aromatic heterocycles. The van der Waals surface area contributed by atoms with Crippen LogP contribution < -0.4 is 4.72 Å². The Morgan fingerprint density at radius 2 is 2.19 bits per heavy atom. The summed E-state index contributed by atoms with van der Waals surface area (Å²) in [7, 11) is -3.84. The van der Waals surface area contributed by atoms with E-state index in [4.69, 9.17) is 16.3 Å². The first-order valence-electron chi connectivity index (χ1n) is 4.78. The van der Waals surface area contributed by atoms with Gasteiger partial charge in [-0.1, -0.05) is 13.8 Å². The third-order valence-corrected chi connectivity index (χ3v) is 3.65. The SMILES string of the molecule is CC1(C)COC(=O)N(S(=O)(=O)NCCCl)C1. The maximum absolute atomic E-state index is 11.7. The largest absolute Gasteiger partial charge is 0.448 e. The molecule has 0 aliphatic carbocycles. The lowest BCUT2D eigenvalue weighted by Crippen LogP contribution is -2.53. The number of carbonyl (C=O) groups is 1. The monoisotopic (exact) mass is 270 g/mol. The molecule has 0 spiro atoms. The van der Waals surface area contributed by atoms with E-state index in [1.165, 1.54) is 0 Å². The highest BCUT2D eigenvalue weighted by Crippen LogP contribution is 2.24. The van der Waals surface area contributed by atoms with Crippen molar-refractivity contribution >= 4 is 27.9 Å². The van der Waals surface area contributed by atoms with E-state index in [9.17, 15) is 13.2 Å². The van der Waals surface area contributed by atoms with Crippen molar-refractivity contribution in [1.29, 1.82) is 0 Å². The fraction of sp³-hybridized carbons (Fsp3) is 0.875. The van der Waals surface area contributed by atoms with E-state index in [2.05, 4.69) is 4.72 Å². The Labute approximate surface area is 100 Å². The lowest BCUT2D eigenvalue weighted by Gasteiger charge is -2.36. The number of alkyl halides is 1. The maximum atomic E-state index is 11.7. The molecule has 0 radical (unpaired) electrons. The third kappa shape index (κ3) is 3.23. The van der Waals surface area contributed by atoms with Crippen molar-refractivity contribution in [1.82, 2.24) is 9.03 Å². The molecular formula is C8H15ClN2O4S. The number of nitrogens with zero attached hydrogens (tertiary/aromatic N) is 1. The van der Waals surface area contributed by atoms with E-state index in [1.807, 2.05) is 13.8 Å². The average molecular weight is 271 g/mol. The van der Waals surface area contributed by atoms with Gasteiger partial charge in [0.1, 0.15) is 6.61 Å². The lowest BCUT2D eigenvalue weighted by molar-refractivity contribution is 0.0372. The predicted octanol–water partition coefficient (Wildman–Crippen LogP) is 0.538. The molecule has 0 bridgehead atoms. The minimum atomic E-state index is -3.84. The van der Waals surface area contributed by atoms with Gasteiger partial charge in [0.05, 0.1) is 0 Å². The number of hydrogen-bond acceptors (Lipinski definition) is 4. The van der Waals surface area contributed by atoms with Gasteiger partial charge < -0.3 is 4.74 Å². The quantitative estimate of drug-likeness (QED) is 0.757. The highest BCUT2D eigenvalue weighted by Gasteiger charge is 2.39. The summed E-state index contributed by atoms with van der Waals surface area (Å²) >= 11 is 5.38. The second-order valence-electron chi connectivity index (χ2n) is 4.31. The molecule has 0 aromatic carbocycles. The van der Waals surface area contributed by atoms with Crippen LogP contribution in [-0.2, 0) is 14.9 Å². The Bertz CT molecular complexity index is 368. The molecule has 6 nitrogen and oxygen atoms in total.